The van der Waals surface area contributed by atoms with Gasteiger partial charge in [0.2, 0.25) is 5.91 Å². The van der Waals surface area contributed by atoms with Crippen LogP contribution in [-0.2, 0) is 14.3 Å². The third kappa shape index (κ3) is 4.77. The number of hydrogen-bond donors (Lipinski definition) is 0. The monoisotopic (exact) mass is 307 g/mol. The van der Waals surface area contributed by atoms with Gasteiger partial charge in [-0.1, -0.05) is 18.2 Å². The highest BCUT2D eigenvalue weighted by molar-refractivity contribution is 8.00. The Bertz CT molecular complexity index is 478. The van der Waals surface area contributed by atoms with Crippen LogP contribution in [0.3, 0.4) is 0 Å². The molecule has 2 rings (SSSR count). The minimum atomic E-state index is -0.175. The normalized spacial score (nSPS) is 18.3. The molecule has 0 radical (unpaired) electrons. The molecule has 1 aromatic rings. The molecule has 21 heavy (non-hydrogen) atoms. The standard InChI is InChI=1S/C16H21NO3S/c1-2-20-16(19)13-7-6-10-17(11-13)15(18)12-21-14-8-4-3-5-9-14/h3-5,8-9,13H,2,6-7,10-12H2,1H3/t13-/m0/s1. The van der Waals surface area contributed by atoms with Crippen LogP contribution >= 0.6 is 11.8 Å². The van der Waals surface area contributed by atoms with Crippen LogP contribution in [0, 0.1) is 5.92 Å². The number of carbonyl (C=O) groups excluding carboxylic acids is 2. The first-order valence-electron chi connectivity index (χ1n) is 7.33. The molecule has 1 aliphatic heterocycles. The lowest BCUT2D eigenvalue weighted by Crippen LogP contribution is -2.43. The van der Waals surface area contributed by atoms with Crippen LogP contribution in [0.1, 0.15) is 19.8 Å². The van der Waals surface area contributed by atoms with Gasteiger partial charge in [0.1, 0.15) is 0 Å². The van der Waals surface area contributed by atoms with Gasteiger partial charge in [0.05, 0.1) is 18.3 Å². The van der Waals surface area contributed by atoms with Gasteiger partial charge in [-0.2, -0.15) is 0 Å². The fourth-order valence-corrected chi connectivity index (χ4v) is 3.23. The van der Waals surface area contributed by atoms with Crippen molar-refractivity contribution in [3.63, 3.8) is 0 Å². The maximum absolute atomic E-state index is 12.3. The van der Waals surface area contributed by atoms with Gasteiger partial charge in [0.25, 0.3) is 0 Å². The van der Waals surface area contributed by atoms with Crippen LogP contribution < -0.4 is 0 Å². The van der Waals surface area contributed by atoms with Crippen LogP contribution in [0.4, 0.5) is 0 Å². The second kappa shape index (κ2) is 8.08. The summed E-state index contributed by atoms with van der Waals surface area (Å²) in [5.74, 6) is 0.174. The molecule has 0 spiro atoms. The highest BCUT2D eigenvalue weighted by Crippen LogP contribution is 2.21. The smallest absolute Gasteiger partial charge is 0.310 e. The summed E-state index contributed by atoms with van der Waals surface area (Å²) in [5, 5.41) is 0. The van der Waals surface area contributed by atoms with Gasteiger partial charge in [-0.05, 0) is 31.9 Å². The molecule has 4 nitrogen and oxygen atoms in total. The van der Waals surface area contributed by atoms with E-state index in [1.165, 1.54) is 11.8 Å². The summed E-state index contributed by atoms with van der Waals surface area (Å²) >= 11 is 1.53. The topological polar surface area (TPSA) is 46.6 Å². The number of hydrogen-bond acceptors (Lipinski definition) is 4. The first kappa shape index (κ1) is 15.9. The summed E-state index contributed by atoms with van der Waals surface area (Å²) in [6, 6.07) is 9.88. The summed E-state index contributed by atoms with van der Waals surface area (Å²) in [5.41, 5.74) is 0. The predicted octanol–water partition coefficient (Wildman–Crippen LogP) is 2.58. The number of nitrogens with zero attached hydrogens (tertiary/aromatic N) is 1. The summed E-state index contributed by atoms with van der Waals surface area (Å²) in [6.07, 6.45) is 1.68. The van der Waals surface area contributed by atoms with Crippen molar-refractivity contribution in [2.75, 3.05) is 25.4 Å². The van der Waals surface area contributed by atoms with E-state index in [2.05, 4.69) is 0 Å². The SMILES string of the molecule is CCOC(=O)[C@H]1CCCN(C(=O)CSc2ccccc2)C1. The molecule has 1 heterocycles. The Morgan fingerprint density at radius 1 is 1.33 bits per heavy atom. The van der Waals surface area contributed by atoms with Crippen molar-refractivity contribution in [1.29, 1.82) is 0 Å². The Balaban J connectivity index is 1.83. The van der Waals surface area contributed by atoms with Crippen molar-refractivity contribution in [2.24, 2.45) is 5.92 Å². The largest absolute Gasteiger partial charge is 0.466 e. The first-order chi connectivity index (χ1) is 10.2. The maximum Gasteiger partial charge on any atom is 0.310 e. The number of esters is 1. The molecule has 1 atom stereocenters. The molecule has 0 unspecified atom stereocenters. The summed E-state index contributed by atoms with van der Waals surface area (Å²) in [4.78, 5) is 26.9. The summed E-state index contributed by atoms with van der Waals surface area (Å²) in [6.45, 7) is 3.43. The molecule has 1 amide bonds. The Morgan fingerprint density at radius 3 is 2.81 bits per heavy atom. The lowest BCUT2D eigenvalue weighted by Gasteiger charge is -2.31. The molecule has 0 bridgehead atoms. The number of rotatable bonds is 5. The summed E-state index contributed by atoms with van der Waals surface area (Å²) in [7, 11) is 0. The first-order valence-corrected chi connectivity index (χ1v) is 8.31. The van der Waals surface area contributed by atoms with Crippen molar-refractivity contribution < 1.29 is 14.3 Å². The number of likely N-dealkylation sites (tertiary alicyclic amines) is 1. The van der Waals surface area contributed by atoms with E-state index < -0.39 is 0 Å². The number of carbonyl (C=O) groups is 2. The Labute approximate surface area is 129 Å². The van der Waals surface area contributed by atoms with Crippen molar-refractivity contribution in [1.82, 2.24) is 4.90 Å². The molecule has 0 aromatic heterocycles. The van der Waals surface area contributed by atoms with Crippen LogP contribution in [-0.4, -0.2) is 42.2 Å². The van der Waals surface area contributed by atoms with E-state index in [1.54, 1.807) is 11.8 Å². The molecular formula is C16H21NO3S. The molecule has 1 aliphatic rings. The van der Waals surface area contributed by atoms with E-state index >= 15 is 0 Å². The highest BCUT2D eigenvalue weighted by Gasteiger charge is 2.29. The molecule has 0 saturated carbocycles. The molecule has 0 aliphatic carbocycles. The van der Waals surface area contributed by atoms with Gasteiger partial charge >= 0.3 is 5.97 Å². The minimum absolute atomic E-state index is 0.0952. The van der Waals surface area contributed by atoms with Crippen LogP contribution in [0.2, 0.25) is 0 Å². The molecular weight excluding hydrogens is 286 g/mol. The number of thioether (sulfide) groups is 1. The Kier molecular flexibility index (Phi) is 6.11. The number of amides is 1. The second-order valence-electron chi connectivity index (χ2n) is 5.03. The van der Waals surface area contributed by atoms with E-state index in [-0.39, 0.29) is 17.8 Å². The van der Waals surface area contributed by atoms with Gasteiger partial charge in [-0.3, -0.25) is 9.59 Å². The quantitative estimate of drug-likeness (QED) is 0.619. The third-order valence-corrected chi connectivity index (χ3v) is 4.50. The lowest BCUT2D eigenvalue weighted by atomic mass is 9.98. The van der Waals surface area contributed by atoms with E-state index in [0.717, 1.165) is 24.3 Å². The van der Waals surface area contributed by atoms with E-state index in [9.17, 15) is 9.59 Å². The third-order valence-electron chi connectivity index (χ3n) is 3.50. The van der Waals surface area contributed by atoms with E-state index in [0.29, 0.717) is 18.9 Å². The zero-order chi connectivity index (χ0) is 15.1. The Hall–Kier alpha value is -1.49. The van der Waals surface area contributed by atoms with Gasteiger partial charge in [0.15, 0.2) is 0 Å². The highest BCUT2D eigenvalue weighted by atomic mass is 32.2. The number of piperidine rings is 1. The average molecular weight is 307 g/mol. The van der Waals surface area contributed by atoms with E-state index in [1.807, 2.05) is 30.3 Å². The molecule has 1 fully saturated rings. The van der Waals surface area contributed by atoms with Crippen LogP contribution in [0.25, 0.3) is 0 Å². The molecule has 114 valence electrons. The second-order valence-corrected chi connectivity index (χ2v) is 6.08. The summed E-state index contributed by atoms with van der Waals surface area (Å²) < 4.78 is 5.06. The zero-order valence-electron chi connectivity index (χ0n) is 12.3. The van der Waals surface area contributed by atoms with E-state index in [4.69, 9.17) is 4.74 Å². The van der Waals surface area contributed by atoms with Crippen molar-refractivity contribution in [2.45, 2.75) is 24.7 Å². The van der Waals surface area contributed by atoms with Gasteiger partial charge < -0.3 is 9.64 Å². The molecule has 5 heteroatoms. The minimum Gasteiger partial charge on any atom is -0.466 e. The van der Waals surface area contributed by atoms with Crippen molar-refractivity contribution >= 4 is 23.6 Å². The van der Waals surface area contributed by atoms with Gasteiger partial charge in [-0.25, -0.2) is 0 Å². The van der Waals surface area contributed by atoms with Gasteiger partial charge in [0, 0.05) is 18.0 Å². The van der Waals surface area contributed by atoms with Crippen molar-refractivity contribution in [3.8, 4) is 0 Å². The van der Waals surface area contributed by atoms with Crippen LogP contribution in [0.5, 0.6) is 0 Å². The molecule has 1 aromatic carbocycles. The van der Waals surface area contributed by atoms with Crippen molar-refractivity contribution in [3.05, 3.63) is 30.3 Å². The fraction of sp³-hybridized carbons (Fsp3) is 0.500. The maximum atomic E-state index is 12.3. The lowest BCUT2D eigenvalue weighted by molar-refractivity contribution is -0.151. The van der Waals surface area contributed by atoms with Crippen LogP contribution in [0.15, 0.2) is 35.2 Å². The number of benzene rings is 1. The zero-order valence-corrected chi connectivity index (χ0v) is 13.1. The Morgan fingerprint density at radius 2 is 2.10 bits per heavy atom. The average Bonchev–Trinajstić information content (AvgIpc) is 2.54. The predicted molar refractivity (Wildman–Crippen MR) is 83.1 cm³/mol. The fourth-order valence-electron chi connectivity index (χ4n) is 2.41. The molecule has 0 N–H and O–H groups in total. The number of ether oxygens (including phenoxy) is 1. The molecule has 1 saturated heterocycles. The van der Waals surface area contributed by atoms with Gasteiger partial charge in [-0.15, -0.1) is 11.8 Å².